The first-order valence-corrected chi connectivity index (χ1v) is 16.5. The van der Waals surface area contributed by atoms with Gasteiger partial charge in [-0.05, 0) is 70.1 Å². The van der Waals surface area contributed by atoms with Crippen molar-refractivity contribution in [2.24, 2.45) is 28.9 Å². The number of Topliss-reactive ketones (excluding diaryl/α,β-unsaturated/α-hetero) is 1. The van der Waals surface area contributed by atoms with E-state index in [1.807, 2.05) is 27.7 Å². The van der Waals surface area contributed by atoms with Crippen molar-refractivity contribution in [3.63, 3.8) is 0 Å². The fourth-order valence-corrected chi connectivity index (χ4v) is 5.62. The fourth-order valence-electron chi connectivity index (χ4n) is 5.62. The number of likely N-dealkylation sites (tertiary alicyclic amines) is 1. The molecule has 3 rings (SSSR count). The molecule has 0 bridgehead atoms. The molecule has 2 saturated carbocycles. The molecule has 45 heavy (non-hydrogen) atoms. The summed E-state index contributed by atoms with van der Waals surface area (Å²) >= 11 is 0. The number of esters is 1. The predicted molar refractivity (Wildman–Crippen MR) is 171 cm³/mol. The van der Waals surface area contributed by atoms with Crippen LogP contribution in [-0.4, -0.2) is 76.7 Å². The molecule has 5 amide bonds. The van der Waals surface area contributed by atoms with E-state index in [-0.39, 0.29) is 11.8 Å². The highest BCUT2D eigenvalue weighted by molar-refractivity contribution is 6.37. The van der Waals surface area contributed by atoms with Crippen molar-refractivity contribution in [2.75, 3.05) is 6.54 Å². The van der Waals surface area contributed by atoms with E-state index in [4.69, 9.17) is 10.5 Å². The lowest BCUT2D eigenvalue weighted by Gasteiger charge is -2.36. The minimum Gasteiger partial charge on any atom is -0.458 e. The van der Waals surface area contributed by atoms with Gasteiger partial charge in [0.05, 0.1) is 6.04 Å². The van der Waals surface area contributed by atoms with Gasteiger partial charge in [0.2, 0.25) is 17.6 Å². The maximum atomic E-state index is 14.0. The van der Waals surface area contributed by atoms with E-state index in [2.05, 4.69) is 22.9 Å². The van der Waals surface area contributed by atoms with E-state index in [9.17, 15) is 28.8 Å². The molecule has 0 radical (unpaired) electrons. The summed E-state index contributed by atoms with van der Waals surface area (Å²) in [5.41, 5.74) is 3.64. The summed E-state index contributed by atoms with van der Waals surface area (Å²) < 4.78 is 5.54. The number of ketones is 1. The van der Waals surface area contributed by atoms with Gasteiger partial charge >= 0.3 is 12.0 Å². The standard InChI is InChI=1S/C29H49N5O7.C4H8/c1-16-14-19(24(37)31-17(2)21(35)23(30)36)34(15-16)25(38)20(18-12-10-9-11-13-18)32-27(40)33-22(28(3,4)5)26(39)41-29(6,7)8;1-4-2-3-4/h16-20,22H,9-15H2,1-8H3,(H2,30,36)(H,31,37)(H2,32,33,40);4H,2-3H2,1H3/t16-,17?,19+,20?,22?;/m1./s1. The van der Waals surface area contributed by atoms with Crippen LogP contribution in [0.2, 0.25) is 0 Å². The van der Waals surface area contributed by atoms with Gasteiger partial charge in [0.25, 0.3) is 5.91 Å². The molecule has 5 atom stereocenters. The number of urea groups is 1. The predicted octanol–water partition coefficient (Wildman–Crippen LogP) is 3.20. The first-order chi connectivity index (χ1) is 20.7. The number of carbonyl (C=O) groups is 6. The minimum atomic E-state index is -1.15. The van der Waals surface area contributed by atoms with Gasteiger partial charge in [0, 0.05) is 6.54 Å². The van der Waals surface area contributed by atoms with Crippen LogP contribution in [0.15, 0.2) is 0 Å². The molecule has 1 heterocycles. The van der Waals surface area contributed by atoms with Crippen LogP contribution in [-0.2, 0) is 28.7 Å². The summed E-state index contributed by atoms with van der Waals surface area (Å²) in [5.74, 6) is -2.69. The summed E-state index contributed by atoms with van der Waals surface area (Å²) in [6.45, 7) is 16.5. The van der Waals surface area contributed by atoms with Crippen molar-refractivity contribution in [3.8, 4) is 0 Å². The van der Waals surface area contributed by atoms with E-state index < -0.39 is 70.7 Å². The second-order valence-electron chi connectivity index (χ2n) is 15.3. The number of primary amides is 1. The molecule has 3 unspecified atom stereocenters. The molecule has 0 aromatic carbocycles. The molecule has 0 spiro atoms. The molecule has 12 heteroatoms. The zero-order valence-electron chi connectivity index (χ0n) is 28.8. The van der Waals surface area contributed by atoms with Crippen molar-refractivity contribution in [1.29, 1.82) is 0 Å². The average molecular weight is 636 g/mol. The van der Waals surface area contributed by atoms with E-state index >= 15 is 0 Å². The largest absolute Gasteiger partial charge is 0.458 e. The normalized spacial score (nSPS) is 22.6. The van der Waals surface area contributed by atoms with Gasteiger partial charge in [-0.1, -0.05) is 66.7 Å². The first-order valence-electron chi connectivity index (χ1n) is 16.5. The number of nitrogens with two attached hydrogens (primary N) is 1. The molecule has 3 aliphatic rings. The van der Waals surface area contributed by atoms with Crippen LogP contribution < -0.4 is 21.7 Å². The Labute approximate surface area is 268 Å². The summed E-state index contributed by atoms with van der Waals surface area (Å²) in [6.07, 6.45) is 7.65. The van der Waals surface area contributed by atoms with Crippen molar-refractivity contribution in [1.82, 2.24) is 20.9 Å². The molecule has 0 aromatic rings. The molecule has 3 fully saturated rings. The lowest BCUT2D eigenvalue weighted by molar-refractivity contribution is -0.160. The number of rotatable bonds is 9. The van der Waals surface area contributed by atoms with Crippen LogP contribution in [0, 0.1) is 23.2 Å². The number of hydrogen-bond acceptors (Lipinski definition) is 7. The summed E-state index contributed by atoms with van der Waals surface area (Å²) in [6, 6.07) is -4.57. The Bertz CT molecular complexity index is 1090. The second kappa shape index (κ2) is 15.9. The summed E-state index contributed by atoms with van der Waals surface area (Å²) in [7, 11) is 0. The van der Waals surface area contributed by atoms with E-state index in [0.717, 1.165) is 38.0 Å². The highest BCUT2D eigenvalue weighted by Crippen LogP contribution is 2.31. The third-order valence-corrected chi connectivity index (χ3v) is 8.41. The highest BCUT2D eigenvalue weighted by atomic mass is 16.6. The van der Waals surface area contributed by atoms with Gasteiger partial charge in [-0.2, -0.15) is 0 Å². The monoisotopic (exact) mass is 635 g/mol. The van der Waals surface area contributed by atoms with Crippen LogP contribution in [0.25, 0.3) is 0 Å². The zero-order valence-corrected chi connectivity index (χ0v) is 28.8. The molecule has 256 valence electrons. The van der Waals surface area contributed by atoms with Crippen LogP contribution in [0.3, 0.4) is 0 Å². The van der Waals surface area contributed by atoms with Gasteiger partial charge in [-0.15, -0.1) is 0 Å². The lowest BCUT2D eigenvalue weighted by atomic mass is 9.83. The first kappa shape index (κ1) is 38.0. The van der Waals surface area contributed by atoms with Crippen LogP contribution in [0.1, 0.15) is 114 Å². The third kappa shape index (κ3) is 12.3. The Morgan fingerprint density at radius 2 is 1.38 bits per heavy atom. The number of hydrogen-bond donors (Lipinski definition) is 4. The minimum absolute atomic E-state index is 0.00452. The van der Waals surface area contributed by atoms with E-state index in [1.165, 1.54) is 24.7 Å². The Morgan fingerprint density at radius 1 is 0.822 bits per heavy atom. The molecule has 1 aliphatic heterocycles. The number of nitrogens with one attached hydrogen (secondary N) is 3. The Balaban J connectivity index is 0.00000162. The van der Waals surface area contributed by atoms with Gasteiger partial charge in [0.1, 0.15) is 23.7 Å². The molecule has 2 aliphatic carbocycles. The fraction of sp³-hybridized carbons (Fsp3) is 0.818. The third-order valence-electron chi connectivity index (χ3n) is 8.41. The maximum absolute atomic E-state index is 14.0. The van der Waals surface area contributed by atoms with Gasteiger partial charge < -0.3 is 31.3 Å². The number of ether oxygens (including phenoxy) is 1. The van der Waals surface area contributed by atoms with Crippen molar-refractivity contribution < 1.29 is 33.5 Å². The number of nitrogens with zero attached hydrogens (tertiary/aromatic N) is 1. The quantitative estimate of drug-likeness (QED) is 0.222. The van der Waals surface area contributed by atoms with Crippen LogP contribution >= 0.6 is 0 Å². The number of amides is 5. The number of carbonyl (C=O) groups excluding carboxylic acids is 6. The van der Waals surface area contributed by atoms with Crippen molar-refractivity contribution in [2.45, 2.75) is 143 Å². The highest BCUT2D eigenvalue weighted by Gasteiger charge is 2.44. The van der Waals surface area contributed by atoms with Crippen molar-refractivity contribution >= 4 is 35.5 Å². The Morgan fingerprint density at radius 3 is 1.84 bits per heavy atom. The Kier molecular flexibility index (Phi) is 13.4. The summed E-state index contributed by atoms with van der Waals surface area (Å²) in [4.78, 5) is 78.2. The molecule has 0 aromatic heterocycles. The lowest BCUT2D eigenvalue weighted by Crippen LogP contribution is -2.61. The molecular formula is C33H57N5O7. The average Bonchev–Trinajstić information content (AvgIpc) is 3.61. The van der Waals surface area contributed by atoms with Gasteiger partial charge in [-0.25, -0.2) is 9.59 Å². The second-order valence-corrected chi connectivity index (χ2v) is 15.3. The van der Waals surface area contributed by atoms with E-state index in [0.29, 0.717) is 13.0 Å². The Hall–Kier alpha value is -3.18. The maximum Gasteiger partial charge on any atom is 0.329 e. The van der Waals surface area contributed by atoms with Gasteiger partial charge in [-0.3, -0.25) is 19.2 Å². The smallest absolute Gasteiger partial charge is 0.329 e. The zero-order chi connectivity index (χ0) is 34.3. The van der Waals surface area contributed by atoms with Crippen LogP contribution in [0.4, 0.5) is 4.79 Å². The topological polar surface area (TPSA) is 177 Å². The van der Waals surface area contributed by atoms with Gasteiger partial charge in [0.15, 0.2) is 0 Å². The van der Waals surface area contributed by atoms with Crippen LogP contribution in [0.5, 0.6) is 0 Å². The van der Waals surface area contributed by atoms with Crippen molar-refractivity contribution in [3.05, 3.63) is 0 Å². The molecule has 5 N–H and O–H groups in total. The van der Waals surface area contributed by atoms with E-state index in [1.54, 1.807) is 20.8 Å². The summed E-state index contributed by atoms with van der Waals surface area (Å²) in [5, 5.41) is 8.07. The SMILES string of the molecule is CC(NC(=O)[C@@H]1C[C@@H](C)CN1C(=O)C(NC(=O)NC(C(=O)OC(C)(C)C)C(C)(C)C)C1CCCCC1)C(=O)C(N)=O.CC1CC1. The molecular weight excluding hydrogens is 578 g/mol. The molecule has 12 nitrogen and oxygen atoms in total. The molecule has 1 saturated heterocycles.